The van der Waals surface area contributed by atoms with E-state index >= 15 is 0 Å². The van der Waals surface area contributed by atoms with Crippen molar-refractivity contribution in [2.75, 3.05) is 0 Å². The molecule has 0 atom stereocenters. The molecule has 0 radical (unpaired) electrons. The van der Waals surface area contributed by atoms with Crippen LogP contribution in [0.5, 0.6) is 5.88 Å². The van der Waals surface area contributed by atoms with Gasteiger partial charge in [-0.1, -0.05) is 0 Å². The number of pyridine rings is 1. The van der Waals surface area contributed by atoms with Gasteiger partial charge in [0.2, 0.25) is 5.88 Å². The molecule has 1 aromatic rings. The molecule has 0 saturated carbocycles. The highest BCUT2D eigenvalue weighted by molar-refractivity contribution is 5.17. The van der Waals surface area contributed by atoms with Gasteiger partial charge >= 0.3 is 0 Å². The van der Waals surface area contributed by atoms with E-state index in [1.807, 2.05) is 0 Å². The van der Waals surface area contributed by atoms with Crippen molar-refractivity contribution in [3.05, 3.63) is 23.9 Å². The third kappa shape index (κ3) is 1.40. The molecule has 48 valence electrons. The number of rotatable bonds is 1. The van der Waals surface area contributed by atoms with E-state index in [2.05, 4.69) is 4.98 Å². The number of aliphatic hydroxyl groups is 1. The van der Waals surface area contributed by atoms with E-state index in [0.717, 1.165) is 0 Å². The van der Waals surface area contributed by atoms with Gasteiger partial charge in [-0.2, -0.15) is 0 Å². The number of aliphatic hydroxyl groups excluding tert-OH is 1. The van der Waals surface area contributed by atoms with Gasteiger partial charge < -0.3 is 10.2 Å². The molecule has 0 aliphatic heterocycles. The SMILES string of the molecule is OCc1ccnc(O)c1. The minimum absolute atomic E-state index is 0.0541. The Kier molecular flexibility index (Phi) is 1.65. The van der Waals surface area contributed by atoms with Crippen LogP contribution in [-0.2, 0) is 6.61 Å². The van der Waals surface area contributed by atoms with Crippen LogP contribution >= 0.6 is 0 Å². The fourth-order valence-corrected chi connectivity index (χ4v) is 0.559. The largest absolute Gasteiger partial charge is 0.493 e. The maximum atomic E-state index is 8.72. The van der Waals surface area contributed by atoms with Crippen molar-refractivity contribution < 1.29 is 10.2 Å². The molecule has 1 rings (SSSR count). The molecular formula is C6H7NO2. The highest BCUT2D eigenvalue weighted by Gasteiger charge is 1.90. The van der Waals surface area contributed by atoms with Crippen LogP contribution in [0.25, 0.3) is 0 Å². The summed E-state index contributed by atoms with van der Waals surface area (Å²) in [5.41, 5.74) is 0.669. The maximum Gasteiger partial charge on any atom is 0.211 e. The summed E-state index contributed by atoms with van der Waals surface area (Å²) in [6, 6.07) is 3.06. The molecule has 0 spiro atoms. The zero-order valence-corrected chi connectivity index (χ0v) is 4.78. The van der Waals surface area contributed by atoms with Crippen molar-refractivity contribution in [3.8, 4) is 5.88 Å². The second kappa shape index (κ2) is 2.46. The molecule has 9 heavy (non-hydrogen) atoms. The molecule has 0 fully saturated rings. The standard InChI is InChI=1S/C6H7NO2/c8-4-5-1-2-7-6(9)3-5/h1-3,8H,4H2,(H,7,9). The monoisotopic (exact) mass is 125 g/mol. The van der Waals surface area contributed by atoms with Gasteiger partial charge in [-0.15, -0.1) is 0 Å². The molecule has 3 heteroatoms. The van der Waals surface area contributed by atoms with E-state index in [9.17, 15) is 0 Å². The lowest BCUT2D eigenvalue weighted by atomic mass is 10.3. The van der Waals surface area contributed by atoms with Crippen molar-refractivity contribution in [2.45, 2.75) is 6.61 Å². The average molecular weight is 125 g/mol. The van der Waals surface area contributed by atoms with Crippen LogP contribution in [0.3, 0.4) is 0 Å². The Balaban J connectivity index is 2.94. The molecular weight excluding hydrogens is 118 g/mol. The molecule has 3 nitrogen and oxygen atoms in total. The van der Waals surface area contributed by atoms with Crippen molar-refractivity contribution in [3.63, 3.8) is 0 Å². The molecule has 0 unspecified atom stereocenters. The number of aromatic nitrogens is 1. The van der Waals surface area contributed by atoms with Gasteiger partial charge in [0, 0.05) is 12.3 Å². The van der Waals surface area contributed by atoms with E-state index < -0.39 is 0 Å². The predicted octanol–water partition coefficient (Wildman–Crippen LogP) is 0.279. The molecule has 0 aliphatic carbocycles. The smallest absolute Gasteiger partial charge is 0.211 e. The topological polar surface area (TPSA) is 53.4 Å². The van der Waals surface area contributed by atoms with E-state index in [0.29, 0.717) is 5.56 Å². The summed E-state index contributed by atoms with van der Waals surface area (Å²) in [6.45, 7) is -0.0594. The molecule has 0 aliphatic rings. The van der Waals surface area contributed by atoms with E-state index in [1.165, 1.54) is 12.3 Å². The number of nitrogens with zero attached hydrogens (tertiary/aromatic N) is 1. The summed E-state index contributed by atoms with van der Waals surface area (Å²) in [5, 5.41) is 17.2. The van der Waals surface area contributed by atoms with E-state index in [1.54, 1.807) is 6.07 Å². The lowest BCUT2D eigenvalue weighted by molar-refractivity contribution is 0.281. The highest BCUT2D eigenvalue weighted by atomic mass is 16.3. The van der Waals surface area contributed by atoms with Crippen LogP contribution in [0, 0.1) is 0 Å². The lowest BCUT2D eigenvalue weighted by Gasteiger charge is -1.93. The predicted molar refractivity (Wildman–Crippen MR) is 31.8 cm³/mol. The van der Waals surface area contributed by atoms with Crippen molar-refractivity contribution in [1.82, 2.24) is 4.98 Å². The molecule has 1 heterocycles. The average Bonchev–Trinajstić information content (AvgIpc) is 1.88. The number of hydrogen-bond donors (Lipinski definition) is 2. The zero-order chi connectivity index (χ0) is 6.69. The highest BCUT2D eigenvalue weighted by Crippen LogP contribution is 2.05. The van der Waals surface area contributed by atoms with E-state index in [-0.39, 0.29) is 12.5 Å². The second-order valence-electron chi connectivity index (χ2n) is 1.68. The van der Waals surface area contributed by atoms with Crippen LogP contribution in [0.1, 0.15) is 5.56 Å². The van der Waals surface area contributed by atoms with Crippen LogP contribution in [0.4, 0.5) is 0 Å². The van der Waals surface area contributed by atoms with Crippen molar-refractivity contribution >= 4 is 0 Å². The molecule has 0 bridgehead atoms. The summed E-state index contributed by atoms with van der Waals surface area (Å²) in [6.07, 6.45) is 1.45. The Morgan fingerprint density at radius 1 is 1.56 bits per heavy atom. The fourth-order valence-electron chi connectivity index (χ4n) is 0.559. The van der Waals surface area contributed by atoms with Gasteiger partial charge in [-0.05, 0) is 11.6 Å². The van der Waals surface area contributed by atoms with E-state index in [4.69, 9.17) is 10.2 Å². The van der Waals surface area contributed by atoms with Crippen LogP contribution in [-0.4, -0.2) is 15.2 Å². The Bertz CT molecular complexity index is 200. The van der Waals surface area contributed by atoms with Gasteiger partial charge in [0.25, 0.3) is 0 Å². The summed E-state index contributed by atoms with van der Waals surface area (Å²) in [4.78, 5) is 3.53. The first-order valence-corrected chi connectivity index (χ1v) is 2.57. The van der Waals surface area contributed by atoms with Crippen LogP contribution in [0.15, 0.2) is 18.3 Å². The second-order valence-corrected chi connectivity index (χ2v) is 1.68. The summed E-state index contributed by atoms with van der Waals surface area (Å²) >= 11 is 0. The third-order valence-electron chi connectivity index (χ3n) is 0.992. The van der Waals surface area contributed by atoms with Crippen molar-refractivity contribution in [1.29, 1.82) is 0 Å². The molecule has 0 aromatic carbocycles. The molecule has 2 N–H and O–H groups in total. The minimum atomic E-state index is -0.0594. The molecule has 0 saturated heterocycles. The van der Waals surface area contributed by atoms with Crippen LogP contribution < -0.4 is 0 Å². The van der Waals surface area contributed by atoms with Gasteiger partial charge in [0.05, 0.1) is 6.61 Å². The Morgan fingerprint density at radius 2 is 2.33 bits per heavy atom. The summed E-state index contributed by atoms with van der Waals surface area (Å²) in [7, 11) is 0. The van der Waals surface area contributed by atoms with Gasteiger partial charge in [0.15, 0.2) is 0 Å². The lowest BCUT2D eigenvalue weighted by Crippen LogP contribution is -1.82. The van der Waals surface area contributed by atoms with Gasteiger partial charge in [-0.3, -0.25) is 0 Å². The van der Waals surface area contributed by atoms with Crippen LogP contribution in [0.2, 0.25) is 0 Å². The third-order valence-corrected chi connectivity index (χ3v) is 0.992. The Morgan fingerprint density at radius 3 is 2.78 bits per heavy atom. The number of hydrogen-bond acceptors (Lipinski definition) is 3. The first-order chi connectivity index (χ1) is 4.33. The first kappa shape index (κ1) is 6.04. The summed E-state index contributed by atoms with van der Waals surface area (Å²) in [5.74, 6) is -0.0541. The van der Waals surface area contributed by atoms with Gasteiger partial charge in [0.1, 0.15) is 0 Å². The Hall–Kier alpha value is -1.09. The first-order valence-electron chi connectivity index (χ1n) is 2.57. The fraction of sp³-hybridized carbons (Fsp3) is 0.167. The maximum absolute atomic E-state index is 8.72. The summed E-state index contributed by atoms with van der Waals surface area (Å²) < 4.78 is 0. The van der Waals surface area contributed by atoms with Crippen molar-refractivity contribution in [2.24, 2.45) is 0 Å². The molecule has 1 aromatic heterocycles. The minimum Gasteiger partial charge on any atom is -0.493 e. The number of aromatic hydroxyl groups is 1. The Labute approximate surface area is 52.6 Å². The zero-order valence-electron chi connectivity index (χ0n) is 4.78. The quantitative estimate of drug-likeness (QED) is 0.566. The molecule has 0 amide bonds. The normalized spacial score (nSPS) is 9.44. The van der Waals surface area contributed by atoms with Gasteiger partial charge in [-0.25, -0.2) is 4.98 Å².